The zero-order valence-corrected chi connectivity index (χ0v) is 13.7. The second-order valence-corrected chi connectivity index (χ2v) is 7.31. The smallest absolute Gasteiger partial charge is 0.175 e. The molecule has 0 saturated carbocycles. The van der Waals surface area contributed by atoms with Crippen LogP contribution in [0.5, 0.6) is 0 Å². The Morgan fingerprint density at radius 2 is 1.67 bits per heavy atom. The first kappa shape index (κ1) is 16.3. The average Bonchev–Trinajstić information content (AvgIpc) is 2.91. The number of benzene rings is 2. The fraction of sp³-hybridized carbons (Fsp3) is 0.125. The molecule has 0 fully saturated rings. The number of nitrogens with zero attached hydrogens (tertiary/aromatic N) is 3. The Balaban J connectivity index is 2.11. The molecular formula is C16H13F2N3O2S. The zero-order chi connectivity index (χ0) is 17.5. The van der Waals surface area contributed by atoms with Crippen molar-refractivity contribution < 1.29 is 17.2 Å². The van der Waals surface area contributed by atoms with Gasteiger partial charge in [-0.05, 0) is 43.3 Å². The second-order valence-electron chi connectivity index (χ2n) is 5.29. The lowest BCUT2D eigenvalue weighted by atomic mass is 10.2. The summed E-state index contributed by atoms with van der Waals surface area (Å²) in [6, 6.07) is 9.54. The fourth-order valence-corrected chi connectivity index (χ4v) is 2.88. The van der Waals surface area contributed by atoms with Crippen LogP contribution in [-0.2, 0) is 9.84 Å². The number of sulfone groups is 1. The van der Waals surface area contributed by atoms with Gasteiger partial charge in [-0.3, -0.25) is 0 Å². The zero-order valence-electron chi connectivity index (χ0n) is 12.9. The molecule has 2 aromatic carbocycles. The number of rotatable bonds is 3. The van der Waals surface area contributed by atoms with Crippen LogP contribution < -0.4 is 0 Å². The van der Waals surface area contributed by atoms with E-state index >= 15 is 0 Å². The quantitative estimate of drug-likeness (QED) is 0.729. The molecule has 0 radical (unpaired) electrons. The first-order valence-corrected chi connectivity index (χ1v) is 8.84. The summed E-state index contributed by atoms with van der Waals surface area (Å²) in [5.41, 5.74) is 0.921. The Morgan fingerprint density at radius 1 is 1.00 bits per heavy atom. The van der Waals surface area contributed by atoms with Crippen molar-refractivity contribution in [1.29, 1.82) is 0 Å². The molecule has 3 aromatic rings. The van der Waals surface area contributed by atoms with Crippen molar-refractivity contribution in [3.8, 4) is 17.1 Å². The molecule has 1 aromatic heterocycles. The topological polar surface area (TPSA) is 64.8 Å². The minimum atomic E-state index is -3.30. The first-order chi connectivity index (χ1) is 11.3. The van der Waals surface area contributed by atoms with Gasteiger partial charge in [0.05, 0.1) is 10.6 Å². The van der Waals surface area contributed by atoms with Crippen molar-refractivity contribution >= 4 is 9.84 Å². The van der Waals surface area contributed by atoms with Gasteiger partial charge in [-0.1, -0.05) is 0 Å². The highest BCUT2D eigenvalue weighted by Gasteiger charge is 2.15. The third kappa shape index (κ3) is 3.05. The molecule has 0 bridgehead atoms. The first-order valence-electron chi connectivity index (χ1n) is 6.95. The Morgan fingerprint density at radius 3 is 2.25 bits per heavy atom. The van der Waals surface area contributed by atoms with Crippen LogP contribution in [0, 0.1) is 18.6 Å². The maximum atomic E-state index is 13.5. The van der Waals surface area contributed by atoms with Crippen LogP contribution in [0.25, 0.3) is 17.1 Å². The van der Waals surface area contributed by atoms with Crippen LogP contribution in [-0.4, -0.2) is 29.4 Å². The predicted octanol–water partition coefficient (Wildman–Crippen LogP) is 2.92. The lowest BCUT2D eigenvalue weighted by Gasteiger charge is -2.07. The van der Waals surface area contributed by atoms with E-state index in [4.69, 9.17) is 0 Å². The van der Waals surface area contributed by atoms with Crippen LogP contribution in [0.2, 0.25) is 0 Å². The van der Waals surface area contributed by atoms with E-state index in [0.717, 1.165) is 18.4 Å². The van der Waals surface area contributed by atoms with Crippen LogP contribution >= 0.6 is 0 Å². The summed E-state index contributed by atoms with van der Waals surface area (Å²) in [6.07, 6.45) is 1.12. The summed E-state index contributed by atoms with van der Waals surface area (Å²) in [6.45, 7) is 1.67. The molecule has 0 unspecified atom stereocenters. The Hall–Kier alpha value is -2.61. The van der Waals surface area contributed by atoms with Gasteiger partial charge in [0, 0.05) is 17.9 Å². The summed E-state index contributed by atoms with van der Waals surface area (Å²) < 4.78 is 51.1. The molecule has 124 valence electrons. The molecule has 0 aliphatic carbocycles. The van der Waals surface area contributed by atoms with Crippen LogP contribution in [0.4, 0.5) is 8.78 Å². The van der Waals surface area contributed by atoms with Gasteiger partial charge < -0.3 is 0 Å². The van der Waals surface area contributed by atoms with Crippen molar-refractivity contribution in [2.45, 2.75) is 11.8 Å². The highest BCUT2D eigenvalue weighted by molar-refractivity contribution is 7.90. The normalized spacial score (nSPS) is 11.7. The van der Waals surface area contributed by atoms with Crippen molar-refractivity contribution in [3.63, 3.8) is 0 Å². The van der Waals surface area contributed by atoms with Crippen LogP contribution in [0.1, 0.15) is 5.82 Å². The minimum Gasteiger partial charge on any atom is -0.224 e. The third-order valence-corrected chi connectivity index (χ3v) is 4.53. The van der Waals surface area contributed by atoms with E-state index in [0.29, 0.717) is 22.9 Å². The number of aryl methyl sites for hydroxylation is 1. The third-order valence-electron chi connectivity index (χ3n) is 3.40. The fourth-order valence-electron chi connectivity index (χ4n) is 2.25. The van der Waals surface area contributed by atoms with Gasteiger partial charge in [0.1, 0.15) is 5.82 Å². The second kappa shape index (κ2) is 5.79. The van der Waals surface area contributed by atoms with Gasteiger partial charge in [0.2, 0.25) is 0 Å². The number of hydrogen-bond donors (Lipinski definition) is 0. The van der Waals surface area contributed by atoms with E-state index in [1.165, 1.54) is 22.9 Å². The van der Waals surface area contributed by atoms with E-state index in [-0.39, 0.29) is 4.90 Å². The van der Waals surface area contributed by atoms with Gasteiger partial charge in [-0.15, -0.1) is 0 Å². The maximum absolute atomic E-state index is 13.5. The number of hydrogen-bond acceptors (Lipinski definition) is 4. The van der Waals surface area contributed by atoms with E-state index in [1.54, 1.807) is 19.1 Å². The Bertz CT molecular complexity index is 1010. The molecule has 0 N–H and O–H groups in total. The van der Waals surface area contributed by atoms with E-state index < -0.39 is 21.5 Å². The summed E-state index contributed by atoms with van der Waals surface area (Å²) in [4.78, 5) is 4.47. The van der Waals surface area contributed by atoms with E-state index in [2.05, 4.69) is 10.1 Å². The molecule has 1 heterocycles. The molecule has 5 nitrogen and oxygen atoms in total. The number of halogens is 2. The standard InChI is InChI=1S/C16H13F2N3O2S/c1-10-19-16(11-3-6-13(7-4-11)24(2,22)23)21(20-10)12-5-8-14(17)15(18)9-12/h3-9H,1-2H3. The van der Waals surface area contributed by atoms with Crippen molar-refractivity contribution in [2.75, 3.05) is 6.26 Å². The highest BCUT2D eigenvalue weighted by atomic mass is 32.2. The Kier molecular flexibility index (Phi) is 3.92. The van der Waals surface area contributed by atoms with Gasteiger partial charge in [0.15, 0.2) is 27.3 Å². The van der Waals surface area contributed by atoms with Gasteiger partial charge >= 0.3 is 0 Å². The van der Waals surface area contributed by atoms with Crippen molar-refractivity contribution in [1.82, 2.24) is 14.8 Å². The molecular weight excluding hydrogens is 336 g/mol. The van der Waals surface area contributed by atoms with Gasteiger partial charge in [-0.2, -0.15) is 5.10 Å². The lowest BCUT2D eigenvalue weighted by Crippen LogP contribution is -2.02. The van der Waals surface area contributed by atoms with Crippen LogP contribution in [0.3, 0.4) is 0 Å². The average molecular weight is 349 g/mol. The SMILES string of the molecule is Cc1nc(-c2ccc(S(C)(=O)=O)cc2)n(-c2ccc(F)c(F)c2)n1. The molecule has 24 heavy (non-hydrogen) atoms. The summed E-state index contributed by atoms with van der Waals surface area (Å²) >= 11 is 0. The van der Waals surface area contributed by atoms with Crippen molar-refractivity contribution in [2.24, 2.45) is 0 Å². The lowest BCUT2D eigenvalue weighted by molar-refractivity contribution is 0.507. The largest absolute Gasteiger partial charge is 0.224 e. The molecule has 0 saturated heterocycles. The maximum Gasteiger partial charge on any atom is 0.175 e. The summed E-state index contributed by atoms with van der Waals surface area (Å²) in [5, 5.41) is 4.20. The number of aromatic nitrogens is 3. The monoisotopic (exact) mass is 349 g/mol. The molecule has 0 spiro atoms. The summed E-state index contributed by atoms with van der Waals surface area (Å²) in [5.74, 6) is -1.09. The predicted molar refractivity (Wildman–Crippen MR) is 84.6 cm³/mol. The molecule has 0 amide bonds. The molecule has 8 heteroatoms. The van der Waals surface area contributed by atoms with Crippen molar-refractivity contribution in [3.05, 3.63) is 59.9 Å². The minimum absolute atomic E-state index is 0.182. The van der Waals surface area contributed by atoms with Gasteiger partial charge in [-0.25, -0.2) is 26.9 Å². The van der Waals surface area contributed by atoms with Crippen LogP contribution in [0.15, 0.2) is 47.4 Å². The molecule has 0 aliphatic heterocycles. The van der Waals surface area contributed by atoms with E-state index in [9.17, 15) is 17.2 Å². The highest BCUT2D eigenvalue weighted by Crippen LogP contribution is 2.23. The van der Waals surface area contributed by atoms with Gasteiger partial charge in [0.25, 0.3) is 0 Å². The molecule has 0 aliphatic rings. The van der Waals surface area contributed by atoms with E-state index in [1.807, 2.05) is 0 Å². The molecule has 3 rings (SSSR count). The Labute approximate surface area is 137 Å². The summed E-state index contributed by atoms with van der Waals surface area (Å²) in [7, 11) is -3.30. The molecule has 0 atom stereocenters.